The molecule has 1 aromatic carbocycles. The maximum absolute atomic E-state index is 12.9. The van der Waals surface area contributed by atoms with Gasteiger partial charge in [-0.25, -0.2) is 10.9 Å². The van der Waals surface area contributed by atoms with Gasteiger partial charge in [0.05, 0.1) is 11.7 Å². The van der Waals surface area contributed by atoms with Crippen molar-refractivity contribution in [1.82, 2.24) is 20.7 Å². The van der Waals surface area contributed by atoms with Crippen molar-refractivity contribution in [1.29, 1.82) is 0 Å². The van der Waals surface area contributed by atoms with Crippen LogP contribution in [0.2, 0.25) is 0 Å². The molecule has 146 valence electrons. The molecule has 3 unspecified atom stereocenters. The van der Waals surface area contributed by atoms with Gasteiger partial charge in [-0.05, 0) is 55.0 Å². The lowest BCUT2D eigenvalue weighted by atomic mass is 9.97. The number of hydrazine groups is 1. The number of benzene rings is 1. The Bertz CT molecular complexity index is 857. The number of amides is 2. The number of nitrogens with zero attached hydrogens (tertiary/aromatic N) is 2. The highest BCUT2D eigenvalue weighted by Crippen LogP contribution is 2.25. The van der Waals surface area contributed by atoms with E-state index in [2.05, 4.69) is 15.8 Å². The lowest BCUT2D eigenvalue weighted by molar-refractivity contribution is -0.132. The zero-order valence-electron chi connectivity index (χ0n) is 15.7. The third-order valence-electron chi connectivity index (χ3n) is 5.58. The SMILES string of the molecule is NC(=O)c1cccc(CC2CCN(C(=O)C3CC(c4ccccn4)NN3)C2)c1. The van der Waals surface area contributed by atoms with Crippen LogP contribution in [0.1, 0.15) is 40.5 Å². The molecule has 0 saturated carbocycles. The first-order valence-electron chi connectivity index (χ1n) is 9.69. The molecule has 0 radical (unpaired) electrons. The van der Waals surface area contributed by atoms with Crippen LogP contribution in [0, 0.1) is 5.92 Å². The Hall–Kier alpha value is -2.77. The molecule has 3 heterocycles. The van der Waals surface area contributed by atoms with Crippen LogP contribution in [0.25, 0.3) is 0 Å². The van der Waals surface area contributed by atoms with Crippen molar-refractivity contribution in [3.63, 3.8) is 0 Å². The predicted octanol–water partition coefficient (Wildman–Crippen LogP) is 1.18. The Kier molecular flexibility index (Phi) is 5.36. The summed E-state index contributed by atoms with van der Waals surface area (Å²) in [7, 11) is 0. The minimum atomic E-state index is -0.410. The average molecular weight is 379 g/mol. The summed E-state index contributed by atoms with van der Waals surface area (Å²) in [4.78, 5) is 30.6. The predicted molar refractivity (Wildman–Crippen MR) is 105 cm³/mol. The second-order valence-electron chi connectivity index (χ2n) is 7.59. The molecule has 2 aromatic rings. The van der Waals surface area contributed by atoms with Gasteiger partial charge in [0.1, 0.15) is 6.04 Å². The standard InChI is InChI=1S/C21H25N5O2/c22-20(27)16-5-3-4-14(11-16)10-15-7-9-26(13-15)21(28)19-12-18(24-25-19)17-6-1-2-8-23-17/h1-6,8,11,15,18-19,24-25H,7,9-10,12-13H2,(H2,22,27). The molecule has 28 heavy (non-hydrogen) atoms. The average Bonchev–Trinajstić information content (AvgIpc) is 3.38. The number of primary amides is 1. The second-order valence-corrected chi connectivity index (χ2v) is 7.59. The first-order valence-corrected chi connectivity index (χ1v) is 9.69. The Labute approximate surface area is 164 Å². The van der Waals surface area contributed by atoms with Gasteiger partial charge in [-0.3, -0.25) is 14.6 Å². The molecule has 4 N–H and O–H groups in total. The summed E-state index contributed by atoms with van der Waals surface area (Å²) < 4.78 is 0. The summed E-state index contributed by atoms with van der Waals surface area (Å²) in [5.41, 5.74) is 14.3. The van der Waals surface area contributed by atoms with E-state index in [1.807, 2.05) is 41.3 Å². The molecule has 2 saturated heterocycles. The fourth-order valence-electron chi connectivity index (χ4n) is 4.10. The van der Waals surface area contributed by atoms with Gasteiger partial charge in [0.2, 0.25) is 11.8 Å². The number of nitrogens with two attached hydrogens (primary N) is 1. The minimum absolute atomic E-state index is 0.0464. The van der Waals surface area contributed by atoms with E-state index in [1.165, 1.54) is 0 Å². The molecular weight excluding hydrogens is 354 g/mol. The number of likely N-dealkylation sites (tertiary alicyclic amines) is 1. The van der Waals surface area contributed by atoms with Crippen LogP contribution in [0.3, 0.4) is 0 Å². The van der Waals surface area contributed by atoms with Crippen LogP contribution < -0.4 is 16.6 Å². The maximum atomic E-state index is 12.9. The van der Waals surface area contributed by atoms with Gasteiger partial charge in [-0.15, -0.1) is 0 Å². The van der Waals surface area contributed by atoms with Gasteiger partial charge in [0.15, 0.2) is 0 Å². The zero-order chi connectivity index (χ0) is 19.5. The smallest absolute Gasteiger partial charge is 0.248 e. The topological polar surface area (TPSA) is 100 Å². The van der Waals surface area contributed by atoms with Gasteiger partial charge in [0.25, 0.3) is 0 Å². The fourth-order valence-corrected chi connectivity index (χ4v) is 4.10. The molecule has 0 aliphatic carbocycles. The van der Waals surface area contributed by atoms with Gasteiger partial charge < -0.3 is 10.6 Å². The highest BCUT2D eigenvalue weighted by Gasteiger charge is 2.36. The molecule has 4 rings (SSSR count). The number of nitrogens with one attached hydrogen (secondary N) is 2. The summed E-state index contributed by atoms with van der Waals surface area (Å²) >= 11 is 0. The Morgan fingerprint density at radius 3 is 2.86 bits per heavy atom. The molecule has 7 heteroatoms. The third kappa shape index (κ3) is 4.05. The summed E-state index contributed by atoms with van der Waals surface area (Å²) in [5.74, 6) is 0.125. The number of pyridine rings is 1. The van der Waals surface area contributed by atoms with E-state index < -0.39 is 5.91 Å². The van der Waals surface area contributed by atoms with Crippen LogP contribution in [-0.4, -0.2) is 40.8 Å². The van der Waals surface area contributed by atoms with Crippen LogP contribution in [-0.2, 0) is 11.2 Å². The lowest BCUT2D eigenvalue weighted by Gasteiger charge is -2.20. The van der Waals surface area contributed by atoms with E-state index in [0.717, 1.165) is 37.2 Å². The molecule has 7 nitrogen and oxygen atoms in total. The monoisotopic (exact) mass is 379 g/mol. The van der Waals surface area contributed by atoms with E-state index in [0.29, 0.717) is 17.9 Å². The summed E-state index contributed by atoms with van der Waals surface area (Å²) in [5, 5.41) is 0. The number of carbonyl (C=O) groups is 2. The molecule has 2 fully saturated rings. The summed E-state index contributed by atoms with van der Waals surface area (Å²) in [6.07, 6.45) is 4.27. The molecular formula is C21H25N5O2. The molecule has 0 bridgehead atoms. The first kappa shape index (κ1) is 18.6. The summed E-state index contributed by atoms with van der Waals surface area (Å²) in [6.45, 7) is 1.51. The van der Waals surface area contributed by atoms with Gasteiger partial charge >= 0.3 is 0 Å². The van der Waals surface area contributed by atoms with Gasteiger partial charge in [-0.2, -0.15) is 0 Å². The van der Waals surface area contributed by atoms with Gasteiger partial charge in [-0.1, -0.05) is 18.2 Å². The highest BCUT2D eigenvalue weighted by molar-refractivity contribution is 5.92. The summed E-state index contributed by atoms with van der Waals surface area (Å²) in [6, 6.07) is 13.1. The van der Waals surface area contributed by atoms with Crippen LogP contribution in [0.5, 0.6) is 0 Å². The third-order valence-corrected chi connectivity index (χ3v) is 5.58. The molecule has 2 aliphatic heterocycles. The number of carbonyl (C=O) groups excluding carboxylic acids is 2. The van der Waals surface area contributed by atoms with E-state index >= 15 is 0 Å². The fraction of sp³-hybridized carbons (Fsp3) is 0.381. The number of hydrogen-bond donors (Lipinski definition) is 3. The molecule has 1 aromatic heterocycles. The zero-order valence-corrected chi connectivity index (χ0v) is 15.7. The van der Waals surface area contributed by atoms with Gasteiger partial charge in [0, 0.05) is 24.8 Å². The number of aromatic nitrogens is 1. The second kappa shape index (κ2) is 8.08. The highest BCUT2D eigenvalue weighted by atomic mass is 16.2. The van der Waals surface area contributed by atoms with Crippen LogP contribution >= 0.6 is 0 Å². The van der Waals surface area contributed by atoms with Crippen LogP contribution in [0.4, 0.5) is 0 Å². The van der Waals surface area contributed by atoms with Crippen molar-refractivity contribution in [2.24, 2.45) is 11.7 Å². The Balaban J connectivity index is 1.32. The van der Waals surface area contributed by atoms with E-state index in [-0.39, 0.29) is 18.0 Å². The number of rotatable bonds is 5. The van der Waals surface area contributed by atoms with Crippen molar-refractivity contribution in [2.75, 3.05) is 13.1 Å². The lowest BCUT2D eigenvalue weighted by Crippen LogP contribution is -2.44. The first-order chi connectivity index (χ1) is 13.6. The molecule has 3 atom stereocenters. The molecule has 2 amide bonds. The number of hydrogen-bond acceptors (Lipinski definition) is 5. The Morgan fingerprint density at radius 2 is 2.07 bits per heavy atom. The van der Waals surface area contributed by atoms with E-state index in [9.17, 15) is 9.59 Å². The van der Waals surface area contributed by atoms with E-state index in [1.54, 1.807) is 12.3 Å². The molecule has 2 aliphatic rings. The van der Waals surface area contributed by atoms with Crippen LogP contribution in [0.15, 0.2) is 48.7 Å². The minimum Gasteiger partial charge on any atom is -0.366 e. The van der Waals surface area contributed by atoms with Crippen molar-refractivity contribution in [2.45, 2.75) is 31.3 Å². The Morgan fingerprint density at radius 1 is 1.18 bits per heavy atom. The normalized spacial score (nSPS) is 24.4. The molecule has 0 spiro atoms. The van der Waals surface area contributed by atoms with E-state index in [4.69, 9.17) is 5.73 Å². The van der Waals surface area contributed by atoms with Crippen molar-refractivity contribution < 1.29 is 9.59 Å². The largest absolute Gasteiger partial charge is 0.366 e. The maximum Gasteiger partial charge on any atom is 0.248 e. The van der Waals surface area contributed by atoms with Crippen molar-refractivity contribution in [3.05, 3.63) is 65.5 Å². The van der Waals surface area contributed by atoms with Crippen molar-refractivity contribution in [3.8, 4) is 0 Å². The van der Waals surface area contributed by atoms with Crippen molar-refractivity contribution >= 4 is 11.8 Å². The quantitative estimate of drug-likeness (QED) is 0.724.